The zero-order valence-corrected chi connectivity index (χ0v) is 15.8. The van der Waals surface area contributed by atoms with E-state index in [1.807, 2.05) is 17.2 Å². The maximum atomic E-state index is 12.2. The van der Waals surface area contributed by atoms with Crippen molar-refractivity contribution >= 4 is 6.03 Å². The molecule has 7 heteroatoms. The van der Waals surface area contributed by atoms with Gasteiger partial charge in [-0.1, -0.05) is 6.92 Å². The highest BCUT2D eigenvalue weighted by Gasteiger charge is 2.31. The number of urea groups is 1. The van der Waals surface area contributed by atoms with Gasteiger partial charge in [0.1, 0.15) is 5.82 Å². The first-order valence-electron chi connectivity index (χ1n) is 9.86. The number of nitrogens with zero attached hydrogens (tertiary/aromatic N) is 4. The fourth-order valence-corrected chi connectivity index (χ4v) is 3.77. The van der Waals surface area contributed by atoms with Crippen molar-refractivity contribution in [2.24, 2.45) is 0 Å². The average molecular weight is 361 g/mol. The molecule has 3 rings (SSSR count). The first-order valence-corrected chi connectivity index (χ1v) is 9.86. The molecule has 1 aromatic heterocycles. The molecule has 0 spiro atoms. The van der Waals surface area contributed by atoms with Gasteiger partial charge < -0.3 is 15.3 Å². The molecule has 1 atom stereocenters. The van der Waals surface area contributed by atoms with Crippen molar-refractivity contribution in [2.45, 2.75) is 57.6 Å². The normalized spacial score (nSPS) is 24.5. The lowest BCUT2D eigenvalue weighted by Crippen LogP contribution is -2.47. The molecule has 2 N–H and O–H groups in total. The van der Waals surface area contributed by atoms with Crippen LogP contribution >= 0.6 is 0 Å². The number of aliphatic hydroxyl groups is 1. The Hall–Kier alpha value is -1.73. The van der Waals surface area contributed by atoms with Gasteiger partial charge in [0.2, 0.25) is 0 Å². The number of aromatic nitrogens is 2. The predicted molar refractivity (Wildman–Crippen MR) is 99.7 cm³/mol. The molecule has 0 bridgehead atoms. The van der Waals surface area contributed by atoms with Gasteiger partial charge in [-0.3, -0.25) is 4.90 Å². The van der Waals surface area contributed by atoms with Crippen molar-refractivity contribution < 1.29 is 9.90 Å². The lowest BCUT2D eigenvalue weighted by molar-refractivity contribution is 0.0268. The van der Waals surface area contributed by atoms with Crippen LogP contribution in [0.15, 0.2) is 12.3 Å². The fourth-order valence-electron chi connectivity index (χ4n) is 3.77. The monoisotopic (exact) mass is 361 g/mol. The molecule has 2 aliphatic rings. The van der Waals surface area contributed by atoms with E-state index in [9.17, 15) is 9.90 Å². The summed E-state index contributed by atoms with van der Waals surface area (Å²) >= 11 is 0. The summed E-state index contributed by atoms with van der Waals surface area (Å²) in [4.78, 5) is 25.2. The molecule has 2 fully saturated rings. The molecule has 7 nitrogen and oxygen atoms in total. The second kappa shape index (κ2) is 8.77. The summed E-state index contributed by atoms with van der Waals surface area (Å²) in [6.07, 6.45) is 7.12. The van der Waals surface area contributed by atoms with Crippen LogP contribution in [0, 0.1) is 0 Å². The predicted octanol–water partition coefficient (Wildman–Crippen LogP) is 1.56. The average Bonchev–Trinajstić information content (AvgIpc) is 3.13. The molecule has 144 valence electrons. The van der Waals surface area contributed by atoms with Crippen LogP contribution in [0.1, 0.15) is 50.5 Å². The highest BCUT2D eigenvalue weighted by atomic mass is 16.3. The van der Waals surface area contributed by atoms with Crippen LogP contribution in [-0.2, 0) is 13.0 Å². The summed E-state index contributed by atoms with van der Waals surface area (Å²) in [6.45, 7) is 6.58. The Balaban J connectivity index is 1.49. The molecule has 3 heterocycles. The van der Waals surface area contributed by atoms with Crippen molar-refractivity contribution in [2.75, 3.05) is 32.7 Å². The summed E-state index contributed by atoms with van der Waals surface area (Å²) in [6, 6.07) is 1.93. The highest BCUT2D eigenvalue weighted by Crippen LogP contribution is 2.23. The lowest BCUT2D eigenvalue weighted by Gasteiger charge is -2.28. The number of aryl methyl sites for hydroxylation is 1. The second-order valence-corrected chi connectivity index (χ2v) is 7.52. The maximum Gasteiger partial charge on any atom is 0.317 e. The fraction of sp³-hybridized carbons (Fsp3) is 0.737. The van der Waals surface area contributed by atoms with Crippen molar-refractivity contribution in [1.82, 2.24) is 25.1 Å². The number of likely N-dealkylation sites (tertiary alicyclic amines) is 2. The highest BCUT2D eigenvalue weighted by molar-refractivity contribution is 5.74. The number of amides is 2. The Morgan fingerprint density at radius 1 is 1.23 bits per heavy atom. The van der Waals surface area contributed by atoms with Gasteiger partial charge in [0.15, 0.2) is 0 Å². The molecule has 0 aromatic carbocycles. The van der Waals surface area contributed by atoms with Gasteiger partial charge in [0.05, 0.1) is 11.3 Å². The largest absolute Gasteiger partial charge is 0.388 e. The summed E-state index contributed by atoms with van der Waals surface area (Å²) in [5, 5.41) is 13.9. The zero-order valence-electron chi connectivity index (χ0n) is 15.8. The molecule has 0 aliphatic carbocycles. The number of carbonyl (C=O) groups excluding carboxylic acids is 1. The van der Waals surface area contributed by atoms with Crippen molar-refractivity contribution in [3.8, 4) is 0 Å². The van der Waals surface area contributed by atoms with E-state index in [-0.39, 0.29) is 6.03 Å². The Morgan fingerprint density at radius 2 is 2.04 bits per heavy atom. The third kappa shape index (κ3) is 5.14. The topological polar surface area (TPSA) is 81.6 Å². The molecule has 0 unspecified atom stereocenters. The van der Waals surface area contributed by atoms with Gasteiger partial charge in [-0.25, -0.2) is 14.8 Å². The van der Waals surface area contributed by atoms with Crippen molar-refractivity contribution in [1.29, 1.82) is 0 Å². The molecule has 2 saturated heterocycles. The molecule has 2 amide bonds. The van der Waals surface area contributed by atoms with Gasteiger partial charge >= 0.3 is 6.03 Å². The molecule has 0 radical (unpaired) electrons. The summed E-state index contributed by atoms with van der Waals surface area (Å²) in [5.41, 5.74) is 0.217. The van der Waals surface area contributed by atoms with E-state index >= 15 is 0 Å². The zero-order chi connectivity index (χ0) is 18.4. The molecule has 1 aromatic rings. The van der Waals surface area contributed by atoms with Crippen molar-refractivity contribution in [3.05, 3.63) is 23.8 Å². The van der Waals surface area contributed by atoms with Crippen LogP contribution < -0.4 is 5.32 Å². The van der Waals surface area contributed by atoms with E-state index in [1.165, 1.54) is 0 Å². The third-order valence-electron chi connectivity index (χ3n) is 5.44. The Bertz CT molecular complexity index is 605. The van der Waals surface area contributed by atoms with E-state index in [1.54, 1.807) is 0 Å². The van der Waals surface area contributed by atoms with Crippen LogP contribution in [0.4, 0.5) is 4.79 Å². The minimum Gasteiger partial charge on any atom is -0.388 e. The van der Waals surface area contributed by atoms with Crippen LogP contribution in [0.5, 0.6) is 0 Å². The van der Waals surface area contributed by atoms with Gasteiger partial charge in [-0.05, 0) is 44.7 Å². The quantitative estimate of drug-likeness (QED) is 0.832. The standard InChI is InChI=1S/C19H31N5O2/c1-2-17-20-9-6-16(22-17)14-23-10-5-7-19(26,8-13-23)15-21-18(25)24-11-3-4-12-24/h6,9,26H,2-5,7-8,10-15H2,1H3,(H,21,25)/t19-/m1/s1. The Kier molecular flexibility index (Phi) is 6.43. The van der Waals surface area contributed by atoms with E-state index < -0.39 is 5.60 Å². The van der Waals surface area contributed by atoms with Gasteiger partial charge in [0.25, 0.3) is 0 Å². The SMILES string of the molecule is CCc1nccc(CN2CCC[C@](O)(CNC(=O)N3CCCC3)CC2)n1. The van der Waals surface area contributed by atoms with E-state index in [2.05, 4.69) is 27.1 Å². The number of hydrogen-bond donors (Lipinski definition) is 2. The lowest BCUT2D eigenvalue weighted by atomic mass is 9.95. The van der Waals surface area contributed by atoms with Crippen molar-refractivity contribution in [3.63, 3.8) is 0 Å². The first kappa shape index (κ1) is 19.0. The molecular formula is C19H31N5O2. The van der Waals surface area contributed by atoms with Crippen LogP contribution in [0.25, 0.3) is 0 Å². The third-order valence-corrected chi connectivity index (χ3v) is 5.44. The first-order chi connectivity index (χ1) is 12.6. The number of carbonyl (C=O) groups is 1. The van der Waals surface area contributed by atoms with Crippen LogP contribution in [0.3, 0.4) is 0 Å². The number of nitrogens with one attached hydrogen (secondary N) is 1. The van der Waals surface area contributed by atoms with Gasteiger partial charge in [-0.2, -0.15) is 0 Å². The van der Waals surface area contributed by atoms with Gasteiger partial charge in [0, 0.05) is 45.3 Å². The van der Waals surface area contributed by atoms with E-state index in [0.717, 1.165) is 69.9 Å². The summed E-state index contributed by atoms with van der Waals surface area (Å²) in [5.74, 6) is 0.874. The molecule has 2 aliphatic heterocycles. The number of rotatable bonds is 5. The minimum absolute atomic E-state index is 0.0369. The molecule has 0 saturated carbocycles. The van der Waals surface area contributed by atoms with E-state index in [4.69, 9.17) is 0 Å². The summed E-state index contributed by atoms with van der Waals surface area (Å²) < 4.78 is 0. The number of hydrogen-bond acceptors (Lipinski definition) is 5. The van der Waals surface area contributed by atoms with Crippen LogP contribution in [0.2, 0.25) is 0 Å². The van der Waals surface area contributed by atoms with Gasteiger partial charge in [-0.15, -0.1) is 0 Å². The molecular weight excluding hydrogens is 330 g/mol. The Labute approximate surface area is 155 Å². The minimum atomic E-state index is -0.815. The Morgan fingerprint density at radius 3 is 2.81 bits per heavy atom. The maximum absolute atomic E-state index is 12.2. The molecule has 26 heavy (non-hydrogen) atoms. The van der Waals surface area contributed by atoms with Crippen LogP contribution in [-0.4, -0.2) is 69.2 Å². The smallest absolute Gasteiger partial charge is 0.317 e. The van der Waals surface area contributed by atoms with E-state index in [0.29, 0.717) is 19.4 Å². The summed E-state index contributed by atoms with van der Waals surface area (Å²) in [7, 11) is 0. The second-order valence-electron chi connectivity index (χ2n) is 7.52.